The molecule has 0 aliphatic heterocycles. The second-order valence-corrected chi connectivity index (χ2v) is 6.99. The number of esters is 1. The van der Waals surface area contributed by atoms with Gasteiger partial charge in [-0.05, 0) is 45.7 Å². The van der Waals surface area contributed by atoms with Crippen LogP contribution in [0, 0.1) is 6.92 Å². The Labute approximate surface area is 181 Å². The SMILES string of the molecule is CCOC(=O)c1c(NC(=O)CCCCCNC(=O)c2ccccc2)oc(C)c1C(C)=O. The van der Waals surface area contributed by atoms with Crippen molar-refractivity contribution in [2.45, 2.75) is 46.5 Å². The summed E-state index contributed by atoms with van der Waals surface area (Å²) in [6.45, 7) is 5.18. The molecule has 0 bridgehead atoms. The average molecular weight is 428 g/mol. The third-order valence-electron chi connectivity index (χ3n) is 4.57. The smallest absolute Gasteiger partial charge is 0.344 e. The molecule has 8 heteroatoms. The first-order valence-corrected chi connectivity index (χ1v) is 10.3. The number of ether oxygens (including phenoxy) is 1. The second-order valence-electron chi connectivity index (χ2n) is 6.99. The highest BCUT2D eigenvalue weighted by atomic mass is 16.5. The summed E-state index contributed by atoms with van der Waals surface area (Å²) in [6, 6.07) is 8.96. The molecular formula is C23H28N2O6. The van der Waals surface area contributed by atoms with Crippen molar-refractivity contribution in [2.75, 3.05) is 18.5 Å². The number of Topliss-reactive ketones (excluding diaryl/α,β-unsaturated/α-hetero) is 1. The van der Waals surface area contributed by atoms with Crippen molar-refractivity contribution in [1.29, 1.82) is 0 Å². The Balaban J connectivity index is 1.81. The fraction of sp³-hybridized carbons (Fsp3) is 0.391. The van der Waals surface area contributed by atoms with Gasteiger partial charge in [0.05, 0.1) is 12.2 Å². The molecule has 1 aromatic carbocycles. The van der Waals surface area contributed by atoms with E-state index in [4.69, 9.17) is 9.15 Å². The normalized spacial score (nSPS) is 10.4. The lowest BCUT2D eigenvalue weighted by atomic mass is 10.1. The maximum absolute atomic E-state index is 12.3. The highest BCUT2D eigenvalue weighted by molar-refractivity contribution is 6.10. The van der Waals surface area contributed by atoms with Crippen LogP contribution in [-0.2, 0) is 9.53 Å². The van der Waals surface area contributed by atoms with Crippen molar-refractivity contribution in [3.8, 4) is 0 Å². The number of anilines is 1. The van der Waals surface area contributed by atoms with Gasteiger partial charge in [0, 0.05) is 18.5 Å². The van der Waals surface area contributed by atoms with E-state index in [-0.39, 0.29) is 53.4 Å². The van der Waals surface area contributed by atoms with E-state index in [1.807, 2.05) is 6.07 Å². The van der Waals surface area contributed by atoms with Crippen molar-refractivity contribution in [1.82, 2.24) is 5.32 Å². The van der Waals surface area contributed by atoms with Gasteiger partial charge in [-0.15, -0.1) is 0 Å². The maximum Gasteiger partial charge on any atom is 0.344 e. The van der Waals surface area contributed by atoms with Crippen LogP contribution in [0.25, 0.3) is 0 Å². The molecule has 2 aromatic rings. The number of furan rings is 1. The molecule has 1 aromatic heterocycles. The first-order valence-electron chi connectivity index (χ1n) is 10.3. The van der Waals surface area contributed by atoms with Gasteiger partial charge < -0.3 is 14.5 Å². The summed E-state index contributed by atoms with van der Waals surface area (Å²) in [5, 5.41) is 5.41. The van der Waals surface area contributed by atoms with Gasteiger partial charge in [0.15, 0.2) is 5.78 Å². The van der Waals surface area contributed by atoms with Gasteiger partial charge in [-0.3, -0.25) is 19.7 Å². The zero-order chi connectivity index (χ0) is 22.8. The quantitative estimate of drug-likeness (QED) is 0.319. The first-order chi connectivity index (χ1) is 14.8. The van der Waals surface area contributed by atoms with Gasteiger partial charge in [0.1, 0.15) is 11.3 Å². The number of ketones is 1. The zero-order valence-electron chi connectivity index (χ0n) is 18.1. The zero-order valence-corrected chi connectivity index (χ0v) is 18.1. The van der Waals surface area contributed by atoms with Gasteiger partial charge in [0.25, 0.3) is 5.91 Å². The molecule has 0 unspecified atom stereocenters. The standard InChI is InChI=1S/C23H28N2O6/c1-4-30-23(29)20-19(15(2)26)16(3)31-22(20)25-18(27)13-9-6-10-14-24-21(28)17-11-7-5-8-12-17/h5,7-8,11-12H,4,6,9-10,13-14H2,1-3H3,(H,24,28)(H,25,27). The largest absolute Gasteiger partial charge is 0.462 e. The number of hydrogen-bond donors (Lipinski definition) is 2. The summed E-state index contributed by atoms with van der Waals surface area (Å²) in [4.78, 5) is 48.4. The van der Waals surface area contributed by atoms with E-state index in [1.54, 1.807) is 38.1 Å². The highest BCUT2D eigenvalue weighted by Gasteiger charge is 2.28. The third kappa shape index (κ3) is 6.80. The molecule has 0 spiro atoms. The minimum absolute atomic E-state index is 0.0520. The van der Waals surface area contributed by atoms with Crippen molar-refractivity contribution in [3.63, 3.8) is 0 Å². The molecule has 0 atom stereocenters. The molecule has 0 saturated heterocycles. The Hall–Kier alpha value is -3.42. The van der Waals surface area contributed by atoms with Crippen molar-refractivity contribution >= 4 is 29.5 Å². The molecule has 2 amide bonds. The van der Waals surface area contributed by atoms with E-state index in [1.165, 1.54) is 6.92 Å². The van der Waals surface area contributed by atoms with Crippen molar-refractivity contribution in [2.24, 2.45) is 0 Å². The van der Waals surface area contributed by atoms with Crippen LogP contribution in [0.3, 0.4) is 0 Å². The Morgan fingerprint density at radius 3 is 2.35 bits per heavy atom. The number of nitrogens with one attached hydrogen (secondary N) is 2. The van der Waals surface area contributed by atoms with E-state index in [2.05, 4.69) is 10.6 Å². The summed E-state index contributed by atoms with van der Waals surface area (Å²) in [7, 11) is 0. The fourth-order valence-corrected chi connectivity index (χ4v) is 3.12. The Bertz CT molecular complexity index is 933. The van der Waals surface area contributed by atoms with E-state index >= 15 is 0 Å². The molecule has 1 heterocycles. The van der Waals surface area contributed by atoms with Gasteiger partial charge >= 0.3 is 5.97 Å². The number of carbonyl (C=O) groups is 4. The van der Waals surface area contributed by atoms with E-state index in [0.29, 0.717) is 18.5 Å². The molecule has 0 aliphatic rings. The first kappa shape index (κ1) is 23.9. The van der Waals surface area contributed by atoms with Crippen LogP contribution >= 0.6 is 0 Å². The molecule has 166 valence electrons. The summed E-state index contributed by atoms with van der Waals surface area (Å²) >= 11 is 0. The van der Waals surface area contributed by atoms with Crippen LogP contribution in [0.1, 0.15) is 76.4 Å². The van der Waals surface area contributed by atoms with Crippen LogP contribution in [0.2, 0.25) is 0 Å². The number of carbonyl (C=O) groups excluding carboxylic acids is 4. The topological polar surface area (TPSA) is 115 Å². The van der Waals surface area contributed by atoms with Gasteiger partial charge in [0.2, 0.25) is 11.8 Å². The molecule has 0 radical (unpaired) electrons. The van der Waals surface area contributed by atoms with E-state index in [0.717, 1.165) is 12.8 Å². The predicted molar refractivity (Wildman–Crippen MR) is 115 cm³/mol. The Morgan fingerprint density at radius 1 is 1.00 bits per heavy atom. The van der Waals surface area contributed by atoms with Crippen molar-refractivity contribution < 1.29 is 28.3 Å². The fourth-order valence-electron chi connectivity index (χ4n) is 3.12. The maximum atomic E-state index is 12.3. The third-order valence-corrected chi connectivity index (χ3v) is 4.57. The van der Waals surface area contributed by atoms with Gasteiger partial charge in [-0.2, -0.15) is 0 Å². The molecular weight excluding hydrogens is 400 g/mol. The van der Waals surface area contributed by atoms with Gasteiger partial charge in [-0.1, -0.05) is 24.6 Å². The molecule has 8 nitrogen and oxygen atoms in total. The molecule has 31 heavy (non-hydrogen) atoms. The summed E-state index contributed by atoms with van der Waals surface area (Å²) < 4.78 is 10.5. The number of benzene rings is 1. The number of unbranched alkanes of at least 4 members (excludes halogenated alkanes) is 2. The molecule has 0 saturated carbocycles. The van der Waals surface area contributed by atoms with Crippen LogP contribution in [0.15, 0.2) is 34.7 Å². The molecule has 2 N–H and O–H groups in total. The minimum atomic E-state index is -0.714. The number of aryl methyl sites for hydroxylation is 1. The lowest BCUT2D eigenvalue weighted by Crippen LogP contribution is -2.24. The molecule has 0 fully saturated rings. The summed E-state index contributed by atoms with van der Waals surface area (Å²) in [5.41, 5.74) is 0.671. The molecule has 2 rings (SSSR count). The number of amides is 2. The lowest BCUT2D eigenvalue weighted by Gasteiger charge is -2.07. The minimum Gasteiger partial charge on any atom is -0.462 e. The predicted octanol–water partition coefficient (Wildman–Crippen LogP) is 3.90. The van der Waals surface area contributed by atoms with E-state index in [9.17, 15) is 19.2 Å². The monoisotopic (exact) mass is 428 g/mol. The second kappa shape index (κ2) is 11.7. The Kier molecular flexibility index (Phi) is 8.99. The van der Waals surface area contributed by atoms with Gasteiger partial charge in [-0.25, -0.2) is 4.79 Å². The van der Waals surface area contributed by atoms with Crippen LogP contribution < -0.4 is 10.6 Å². The summed E-state index contributed by atoms with van der Waals surface area (Å²) in [6.07, 6.45) is 2.28. The summed E-state index contributed by atoms with van der Waals surface area (Å²) in [5.74, 6) is -1.33. The lowest BCUT2D eigenvalue weighted by molar-refractivity contribution is -0.116. The Morgan fingerprint density at radius 2 is 1.71 bits per heavy atom. The van der Waals surface area contributed by atoms with Crippen molar-refractivity contribution in [3.05, 3.63) is 52.8 Å². The number of rotatable bonds is 11. The molecule has 0 aliphatic carbocycles. The highest BCUT2D eigenvalue weighted by Crippen LogP contribution is 2.28. The van der Waals surface area contributed by atoms with E-state index < -0.39 is 5.97 Å². The van der Waals surface area contributed by atoms with Crippen LogP contribution in [-0.4, -0.2) is 36.7 Å². The van der Waals surface area contributed by atoms with Crippen LogP contribution in [0.4, 0.5) is 5.88 Å². The van der Waals surface area contributed by atoms with Crippen LogP contribution in [0.5, 0.6) is 0 Å². The number of hydrogen-bond acceptors (Lipinski definition) is 6. The average Bonchev–Trinajstić information content (AvgIpc) is 3.07.